The van der Waals surface area contributed by atoms with Crippen molar-refractivity contribution in [2.75, 3.05) is 24.6 Å². The minimum absolute atomic E-state index is 0.0778. The maximum absolute atomic E-state index is 9.91. The SMILES string of the molecule is Cc1cc(N2CCC(O)C2)c2cc(C)c(COC3CCCCO3)cc2n1. The molecule has 2 fully saturated rings. The number of pyridine rings is 1. The van der Waals surface area contributed by atoms with Crippen molar-refractivity contribution in [2.24, 2.45) is 0 Å². The van der Waals surface area contributed by atoms with Crippen molar-refractivity contribution >= 4 is 16.6 Å². The second kappa shape index (κ2) is 7.51. The number of aryl methyl sites for hydroxylation is 2. The summed E-state index contributed by atoms with van der Waals surface area (Å²) < 4.78 is 11.7. The molecule has 3 heterocycles. The quantitative estimate of drug-likeness (QED) is 0.909. The Morgan fingerprint density at radius 1 is 1.23 bits per heavy atom. The largest absolute Gasteiger partial charge is 0.391 e. The van der Waals surface area contributed by atoms with Crippen LogP contribution in [0.4, 0.5) is 5.69 Å². The van der Waals surface area contributed by atoms with E-state index in [0.29, 0.717) is 13.2 Å². The molecule has 0 bridgehead atoms. The van der Waals surface area contributed by atoms with Crippen LogP contribution in [0.15, 0.2) is 18.2 Å². The van der Waals surface area contributed by atoms with Crippen molar-refractivity contribution in [1.82, 2.24) is 4.98 Å². The minimum atomic E-state index is -0.234. The highest BCUT2D eigenvalue weighted by Crippen LogP contribution is 2.32. The third kappa shape index (κ3) is 3.70. The predicted octanol–water partition coefficient (Wildman–Crippen LogP) is 3.47. The Bertz CT molecular complexity index is 786. The molecule has 2 unspecified atom stereocenters. The highest BCUT2D eigenvalue weighted by molar-refractivity contribution is 5.93. The van der Waals surface area contributed by atoms with E-state index in [2.05, 4.69) is 30.0 Å². The van der Waals surface area contributed by atoms with Gasteiger partial charge in [-0.1, -0.05) is 0 Å². The van der Waals surface area contributed by atoms with Crippen LogP contribution in [0.3, 0.4) is 0 Å². The number of ether oxygens (including phenoxy) is 2. The number of hydrogen-bond donors (Lipinski definition) is 1. The van der Waals surface area contributed by atoms with Gasteiger partial charge in [0.1, 0.15) is 0 Å². The van der Waals surface area contributed by atoms with E-state index >= 15 is 0 Å². The Morgan fingerprint density at radius 3 is 2.85 bits per heavy atom. The molecule has 2 saturated heterocycles. The Labute approximate surface area is 154 Å². The maximum Gasteiger partial charge on any atom is 0.158 e. The van der Waals surface area contributed by atoms with E-state index in [-0.39, 0.29) is 12.4 Å². The first kappa shape index (κ1) is 17.7. The molecule has 5 heteroatoms. The van der Waals surface area contributed by atoms with Gasteiger partial charge in [0.15, 0.2) is 6.29 Å². The summed E-state index contributed by atoms with van der Waals surface area (Å²) in [5, 5.41) is 11.1. The molecule has 0 amide bonds. The van der Waals surface area contributed by atoms with Crippen LogP contribution in [0.1, 0.15) is 42.5 Å². The van der Waals surface area contributed by atoms with Crippen LogP contribution >= 0.6 is 0 Å². The number of aliphatic hydroxyl groups is 1. The fraction of sp³-hybridized carbons (Fsp3) is 0.571. The van der Waals surface area contributed by atoms with Crippen LogP contribution in [0.5, 0.6) is 0 Å². The van der Waals surface area contributed by atoms with Gasteiger partial charge < -0.3 is 19.5 Å². The molecule has 2 aliphatic rings. The van der Waals surface area contributed by atoms with E-state index in [1.54, 1.807) is 0 Å². The van der Waals surface area contributed by atoms with Gasteiger partial charge in [-0.15, -0.1) is 0 Å². The Hall–Kier alpha value is -1.69. The lowest BCUT2D eigenvalue weighted by Crippen LogP contribution is -2.22. The predicted molar refractivity (Wildman–Crippen MR) is 102 cm³/mol. The molecule has 2 aliphatic heterocycles. The summed E-state index contributed by atoms with van der Waals surface area (Å²) in [6.45, 7) is 7.10. The molecule has 0 aliphatic carbocycles. The Balaban J connectivity index is 1.61. The van der Waals surface area contributed by atoms with Gasteiger partial charge in [-0.2, -0.15) is 0 Å². The topological polar surface area (TPSA) is 54.8 Å². The summed E-state index contributed by atoms with van der Waals surface area (Å²) >= 11 is 0. The summed E-state index contributed by atoms with van der Waals surface area (Å²) in [6.07, 6.45) is 3.80. The zero-order valence-corrected chi connectivity index (χ0v) is 15.7. The third-order valence-corrected chi connectivity index (χ3v) is 5.44. The normalized spacial score (nSPS) is 23.7. The zero-order valence-electron chi connectivity index (χ0n) is 15.7. The summed E-state index contributed by atoms with van der Waals surface area (Å²) in [4.78, 5) is 7.02. The van der Waals surface area contributed by atoms with Crippen LogP contribution in [-0.4, -0.2) is 42.2 Å². The lowest BCUT2D eigenvalue weighted by atomic mass is 10.0. The molecule has 0 saturated carbocycles. The summed E-state index contributed by atoms with van der Waals surface area (Å²) in [7, 11) is 0. The number of nitrogens with zero attached hydrogens (tertiary/aromatic N) is 2. The highest BCUT2D eigenvalue weighted by atomic mass is 16.7. The van der Waals surface area contributed by atoms with Gasteiger partial charge in [0.2, 0.25) is 0 Å². The number of fused-ring (bicyclic) bond motifs is 1. The average Bonchev–Trinajstić information content (AvgIpc) is 3.07. The number of aromatic nitrogens is 1. The van der Waals surface area contributed by atoms with Crippen LogP contribution < -0.4 is 4.90 Å². The molecule has 0 spiro atoms. The Kier molecular flexibility index (Phi) is 5.11. The summed E-state index contributed by atoms with van der Waals surface area (Å²) in [5.74, 6) is 0. The molecule has 2 atom stereocenters. The van der Waals surface area contributed by atoms with Crippen LogP contribution in [-0.2, 0) is 16.1 Å². The van der Waals surface area contributed by atoms with Crippen LogP contribution in [0, 0.1) is 13.8 Å². The van der Waals surface area contributed by atoms with Gasteiger partial charge in [-0.3, -0.25) is 4.98 Å². The number of aliphatic hydroxyl groups excluding tert-OH is 1. The molecule has 0 radical (unpaired) electrons. The number of hydrogen-bond acceptors (Lipinski definition) is 5. The van der Waals surface area contributed by atoms with Gasteiger partial charge in [-0.05, 0) is 68.9 Å². The van der Waals surface area contributed by atoms with Gasteiger partial charge in [-0.25, -0.2) is 0 Å². The minimum Gasteiger partial charge on any atom is -0.391 e. The second-order valence-electron chi connectivity index (χ2n) is 7.57. The summed E-state index contributed by atoms with van der Waals surface area (Å²) in [5.41, 5.74) is 5.54. The molecule has 140 valence electrons. The molecule has 1 aromatic carbocycles. The van der Waals surface area contributed by atoms with Gasteiger partial charge >= 0.3 is 0 Å². The van der Waals surface area contributed by atoms with Gasteiger partial charge in [0.25, 0.3) is 0 Å². The molecule has 2 aromatic rings. The molecule has 1 aromatic heterocycles. The van der Waals surface area contributed by atoms with Crippen LogP contribution in [0.2, 0.25) is 0 Å². The van der Waals surface area contributed by atoms with Crippen molar-refractivity contribution in [1.29, 1.82) is 0 Å². The van der Waals surface area contributed by atoms with Crippen molar-refractivity contribution in [3.63, 3.8) is 0 Å². The van der Waals surface area contributed by atoms with Crippen molar-refractivity contribution in [2.45, 2.75) is 58.5 Å². The first-order valence-corrected chi connectivity index (χ1v) is 9.67. The monoisotopic (exact) mass is 356 g/mol. The van der Waals surface area contributed by atoms with E-state index in [4.69, 9.17) is 14.5 Å². The highest BCUT2D eigenvalue weighted by Gasteiger charge is 2.23. The first-order chi connectivity index (χ1) is 12.6. The van der Waals surface area contributed by atoms with E-state index in [9.17, 15) is 5.11 Å². The zero-order chi connectivity index (χ0) is 18.1. The average molecular weight is 356 g/mol. The lowest BCUT2D eigenvalue weighted by Gasteiger charge is -2.24. The Morgan fingerprint density at radius 2 is 2.12 bits per heavy atom. The van der Waals surface area contributed by atoms with E-state index in [1.165, 1.54) is 17.7 Å². The molecular formula is C21H28N2O3. The maximum atomic E-state index is 9.91. The number of anilines is 1. The fourth-order valence-electron chi connectivity index (χ4n) is 3.94. The van der Waals surface area contributed by atoms with E-state index in [1.807, 2.05) is 6.92 Å². The van der Waals surface area contributed by atoms with Gasteiger partial charge in [0, 0.05) is 36.5 Å². The standard InChI is InChI=1S/C21H28N2O3/c1-14-9-18-19(11-16(14)13-26-21-5-3-4-8-25-21)22-15(2)10-20(18)23-7-6-17(24)12-23/h9-11,17,21,24H,3-8,12-13H2,1-2H3. The van der Waals surface area contributed by atoms with Crippen LogP contribution in [0.25, 0.3) is 10.9 Å². The van der Waals surface area contributed by atoms with Gasteiger partial charge in [0.05, 0.1) is 18.2 Å². The number of benzene rings is 1. The number of β-amino-alcohol motifs (C(OH)–C–C–N with tert-alkyl or cyclic N) is 1. The number of rotatable bonds is 4. The molecule has 26 heavy (non-hydrogen) atoms. The molecular weight excluding hydrogens is 328 g/mol. The van der Waals surface area contributed by atoms with Crippen molar-refractivity contribution in [3.8, 4) is 0 Å². The lowest BCUT2D eigenvalue weighted by molar-refractivity contribution is -0.169. The third-order valence-electron chi connectivity index (χ3n) is 5.44. The smallest absolute Gasteiger partial charge is 0.158 e. The van der Waals surface area contributed by atoms with E-state index < -0.39 is 0 Å². The molecule has 4 rings (SSSR count). The first-order valence-electron chi connectivity index (χ1n) is 9.67. The van der Waals surface area contributed by atoms with E-state index in [0.717, 1.165) is 54.6 Å². The van der Waals surface area contributed by atoms with Crippen molar-refractivity contribution in [3.05, 3.63) is 35.0 Å². The fourth-order valence-corrected chi connectivity index (χ4v) is 3.94. The van der Waals surface area contributed by atoms with Crippen molar-refractivity contribution < 1.29 is 14.6 Å². The molecule has 5 nitrogen and oxygen atoms in total. The molecule has 1 N–H and O–H groups in total. The second-order valence-corrected chi connectivity index (χ2v) is 7.57. The summed E-state index contributed by atoms with van der Waals surface area (Å²) in [6, 6.07) is 6.49.